The van der Waals surface area contributed by atoms with Crippen LogP contribution in [0.25, 0.3) is 11.3 Å². The number of hydrogen-bond donors (Lipinski definition) is 0. The Kier molecular flexibility index (Phi) is 5.41. The average Bonchev–Trinajstić information content (AvgIpc) is 3.09. The van der Waals surface area contributed by atoms with E-state index in [2.05, 4.69) is 4.98 Å². The summed E-state index contributed by atoms with van der Waals surface area (Å²) in [5.41, 5.74) is 1.19. The van der Waals surface area contributed by atoms with Gasteiger partial charge in [0.25, 0.3) is 0 Å². The highest BCUT2D eigenvalue weighted by Crippen LogP contribution is 2.24. The summed E-state index contributed by atoms with van der Waals surface area (Å²) >= 11 is 0. The molecular weight excluding hydrogens is 338 g/mol. The minimum absolute atomic E-state index is 0.0402. The van der Waals surface area contributed by atoms with Crippen LogP contribution in [0.4, 0.5) is 8.78 Å². The zero-order chi connectivity index (χ0) is 18.5. The SMILES string of the molecule is CN(Cc1ccccc1)C(=O)CCc1ncc(-c2ccc(F)cc2F)o1. The number of benzene rings is 2. The van der Waals surface area contributed by atoms with Crippen molar-refractivity contribution in [2.75, 3.05) is 7.05 Å². The van der Waals surface area contributed by atoms with Crippen molar-refractivity contribution in [3.05, 3.63) is 77.8 Å². The highest BCUT2D eigenvalue weighted by molar-refractivity contribution is 5.76. The third-order valence-corrected chi connectivity index (χ3v) is 3.99. The zero-order valence-electron chi connectivity index (χ0n) is 14.3. The number of hydrogen-bond acceptors (Lipinski definition) is 3. The van der Waals surface area contributed by atoms with Crippen LogP contribution in [0.15, 0.2) is 59.1 Å². The normalized spacial score (nSPS) is 10.7. The predicted molar refractivity (Wildman–Crippen MR) is 93.1 cm³/mol. The summed E-state index contributed by atoms with van der Waals surface area (Å²) in [6.45, 7) is 0.525. The Labute approximate surface area is 150 Å². The molecule has 0 saturated carbocycles. The predicted octanol–water partition coefficient (Wildman–Crippen LogP) is 4.21. The number of oxazole rings is 1. The Morgan fingerprint density at radius 1 is 1.15 bits per heavy atom. The van der Waals surface area contributed by atoms with Crippen molar-refractivity contribution in [3.63, 3.8) is 0 Å². The second-order valence-corrected chi connectivity index (χ2v) is 5.98. The summed E-state index contributed by atoms with van der Waals surface area (Å²) in [5.74, 6) is -0.862. The van der Waals surface area contributed by atoms with Crippen molar-refractivity contribution in [2.24, 2.45) is 0 Å². The van der Waals surface area contributed by atoms with E-state index < -0.39 is 11.6 Å². The summed E-state index contributed by atoms with van der Waals surface area (Å²) in [6.07, 6.45) is 1.92. The molecule has 0 radical (unpaired) electrons. The molecule has 4 nitrogen and oxygen atoms in total. The van der Waals surface area contributed by atoms with Crippen molar-refractivity contribution < 1.29 is 18.0 Å². The fraction of sp³-hybridized carbons (Fsp3) is 0.200. The van der Waals surface area contributed by atoms with Crippen LogP contribution in [0, 0.1) is 11.6 Å². The van der Waals surface area contributed by atoms with Crippen LogP contribution in [0.2, 0.25) is 0 Å². The lowest BCUT2D eigenvalue weighted by Crippen LogP contribution is -2.26. The third kappa shape index (κ3) is 4.33. The van der Waals surface area contributed by atoms with Gasteiger partial charge in [-0.3, -0.25) is 4.79 Å². The number of aromatic nitrogens is 1. The first kappa shape index (κ1) is 17.8. The molecule has 1 aromatic heterocycles. The van der Waals surface area contributed by atoms with Gasteiger partial charge in [0.1, 0.15) is 11.6 Å². The smallest absolute Gasteiger partial charge is 0.223 e. The van der Waals surface area contributed by atoms with Gasteiger partial charge in [-0.05, 0) is 17.7 Å². The quantitative estimate of drug-likeness (QED) is 0.665. The van der Waals surface area contributed by atoms with E-state index in [1.165, 1.54) is 12.3 Å². The second-order valence-electron chi connectivity index (χ2n) is 5.98. The van der Waals surface area contributed by atoms with Gasteiger partial charge in [0.15, 0.2) is 11.7 Å². The molecule has 26 heavy (non-hydrogen) atoms. The number of halogens is 2. The lowest BCUT2D eigenvalue weighted by atomic mass is 10.2. The van der Waals surface area contributed by atoms with Crippen LogP contribution < -0.4 is 0 Å². The number of carbonyl (C=O) groups excluding carboxylic acids is 1. The monoisotopic (exact) mass is 356 g/mol. The molecule has 1 heterocycles. The van der Waals surface area contributed by atoms with E-state index in [1.807, 2.05) is 30.3 Å². The standard InChI is InChI=1S/C20H18F2N2O2/c1-24(13-14-5-3-2-4-6-14)20(25)10-9-19-23-12-18(26-19)16-8-7-15(21)11-17(16)22/h2-8,11-12H,9-10,13H2,1H3. The summed E-state index contributed by atoms with van der Waals surface area (Å²) in [5, 5.41) is 0. The number of amides is 1. The number of nitrogens with zero attached hydrogens (tertiary/aromatic N) is 2. The minimum atomic E-state index is -0.716. The van der Waals surface area contributed by atoms with Gasteiger partial charge in [0.2, 0.25) is 5.91 Å². The van der Waals surface area contributed by atoms with E-state index in [1.54, 1.807) is 11.9 Å². The lowest BCUT2D eigenvalue weighted by Gasteiger charge is -2.16. The molecule has 0 bridgehead atoms. The molecule has 0 saturated heterocycles. The molecule has 134 valence electrons. The van der Waals surface area contributed by atoms with E-state index in [0.717, 1.165) is 17.7 Å². The second kappa shape index (κ2) is 7.91. The summed E-state index contributed by atoms with van der Waals surface area (Å²) in [6, 6.07) is 12.9. The molecule has 1 amide bonds. The maximum Gasteiger partial charge on any atom is 0.223 e. The molecule has 0 aliphatic rings. The van der Waals surface area contributed by atoms with Crippen LogP contribution in [-0.2, 0) is 17.8 Å². The molecule has 0 aliphatic carbocycles. The number of carbonyl (C=O) groups is 1. The summed E-state index contributed by atoms with van der Waals surface area (Å²) < 4.78 is 32.3. The molecule has 0 N–H and O–H groups in total. The van der Waals surface area contributed by atoms with Gasteiger partial charge in [-0.2, -0.15) is 0 Å². The van der Waals surface area contributed by atoms with Crippen LogP contribution in [0.5, 0.6) is 0 Å². The number of rotatable bonds is 6. The molecular formula is C20H18F2N2O2. The van der Waals surface area contributed by atoms with E-state index in [4.69, 9.17) is 4.42 Å². The fourth-order valence-electron chi connectivity index (χ4n) is 2.59. The maximum absolute atomic E-state index is 13.8. The summed E-state index contributed by atoms with van der Waals surface area (Å²) in [7, 11) is 1.74. The molecule has 0 fully saturated rings. The molecule has 0 aliphatic heterocycles. The van der Waals surface area contributed by atoms with Crippen molar-refractivity contribution in [2.45, 2.75) is 19.4 Å². The first-order valence-electron chi connectivity index (χ1n) is 8.21. The molecule has 3 rings (SSSR count). The van der Waals surface area contributed by atoms with Crippen molar-refractivity contribution in [1.82, 2.24) is 9.88 Å². The van der Waals surface area contributed by atoms with Crippen LogP contribution in [0.3, 0.4) is 0 Å². The van der Waals surface area contributed by atoms with E-state index in [9.17, 15) is 13.6 Å². The van der Waals surface area contributed by atoms with E-state index in [-0.39, 0.29) is 23.7 Å². The van der Waals surface area contributed by atoms with Crippen LogP contribution in [0.1, 0.15) is 17.9 Å². The summed E-state index contributed by atoms with van der Waals surface area (Å²) in [4.78, 5) is 18.0. The van der Waals surface area contributed by atoms with Crippen molar-refractivity contribution in [3.8, 4) is 11.3 Å². The lowest BCUT2D eigenvalue weighted by molar-refractivity contribution is -0.130. The van der Waals surface area contributed by atoms with Gasteiger partial charge in [0, 0.05) is 32.5 Å². The topological polar surface area (TPSA) is 46.3 Å². The molecule has 0 spiro atoms. The van der Waals surface area contributed by atoms with Gasteiger partial charge >= 0.3 is 0 Å². The first-order valence-corrected chi connectivity index (χ1v) is 8.21. The first-order chi connectivity index (χ1) is 12.5. The van der Waals surface area contributed by atoms with Gasteiger partial charge < -0.3 is 9.32 Å². The third-order valence-electron chi connectivity index (χ3n) is 3.99. The molecule has 6 heteroatoms. The zero-order valence-corrected chi connectivity index (χ0v) is 14.3. The minimum Gasteiger partial charge on any atom is -0.441 e. The maximum atomic E-state index is 13.8. The van der Waals surface area contributed by atoms with Crippen molar-refractivity contribution >= 4 is 5.91 Å². The van der Waals surface area contributed by atoms with Gasteiger partial charge in [0.05, 0.1) is 11.8 Å². The average molecular weight is 356 g/mol. The number of aryl methyl sites for hydroxylation is 1. The molecule has 2 aromatic carbocycles. The molecule has 3 aromatic rings. The van der Waals surface area contributed by atoms with Crippen LogP contribution >= 0.6 is 0 Å². The fourth-order valence-corrected chi connectivity index (χ4v) is 2.59. The Morgan fingerprint density at radius 2 is 1.92 bits per heavy atom. The van der Waals surface area contributed by atoms with E-state index >= 15 is 0 Å². The Bertz CT molecular complexity index is 894. The van der Waals surface area contributed by atoms with E-state index in [0.29, 0.717) is 18.9 Å². The Hall–Kier alpha value is -3.02. The highest BCUT2D eigenvalue weighted by atomic mass is 19.1. The van der Waals surface area contributed by atoms with Gasteiger partial charge in [-0.15, -0.1) is 0 Å². The molecule has 0 atom stereocenters. The molecule has 0 unspecified atom stereocenters. The van der Waals surface area contributed by atoms with Gasteiger partial charge in [-0.25, -0.2) is 13.8 Å². The Morgan fingerprint density at radius 3 is 2.65 bits per heavy atom. The van der Waals surface area contributed by atoms with Crippen molar-refractivity contribution in [1.29, 1.82) is 0 Å². The van der Waals surface area contributed by atoms with Gasteiger partial charge in [-0.1, -0.05) is 30.3 Å². The highest BCUT2D eigenvalue weighted by Gasteiger charge is 2.14. The Balaban J connectivity index is 1.58. The largest absolute Gasteiger partial charge is 0.441 e. The van der Waals surface area contributed by atoms with Crippen LogP contribution in [-0.4, -0.2) is 22.8 Å².